The Bertz CT molecular complexity index is 287. The lowest BCUT2D eigenvalue weighted by atomic mass is 10.3. The second-order valence-electron chi connectivity index (χ2n) is 2.51. The fourth-order valence-corrected chi connectivity index (χ4v) is 1.30. The summed E-state index contributed by atoms with van der Waals surface area (Å²) < 4.78 is 0. The first kappa shape index (κ1) is 6.88. The van der Waals surface area contributed by atoms with Crippen LogP contribution in [0.5, 0.6) is 0 Å². The number of halogens is 1. The number of nitrogens with one attached hydrogen (secondary N) is 1. The van der Waals surface area contributed by atoms with Gasteiger partial charge in [-0.25, -0.2) is 10.4 Å². The van der Waals surface area contributed by atoms with Crippen LogP contribution in [-0.4, -0.2) is 12.0 Å². The van der Waals surface area contributed by atoms with Crippen LogP contribution in [0.25, 0.3) is 0 Å². The van der Waals surface area contributed by atoms with Crippen LogP contribution in [0.4, 0.5) is 5.82 Å². The van der Waals surface area contributed by atoms with Gasteiger partial charge in [-0.2, -0.15) is 0 Å². The highest BCUT2D eigenvalue weighted by atomic mass is 35.5. The summed E-state index contributed by atoms with van der Waals surface area (Å²) in [6, 6.07) is 3.79. The predicted molar refractivity (Wildman–Crippen MR) is 44.5 cm³/mol. The van der Waals surface area contributed by atoms with Crippen molar-refractivity contribution in [2.24, 2.45) is 0 Å². The molecule has 2 rings (SSSR count). The van der Waals surface area contributed by atoms with E-state index in [0.717, 1.165) is 12.4 Å². The Morgan fingerprint density at radius 2 is 2.45 bits per heavy atom. The van der Waals surface area contributed by atoms with Gasteiger partial charge in [-0.1, -0.05) is 17.7 Å². The number of hydrazine groups is 1. The van der Waals surface area contributed by atoms with Crippen LogP contribution in [0, 0.1) is 0 Å². The molecule has 3 nitrogen and oxygen atoms in total. The SMILES string of the molecule is CN1NCc2ccc(Cl)nc21. The van der Waals surface area contributed by atoms with Crippen molar-refractivity contribution in [3.05, 3.63) is 22.8 Å². The molecule has 1 aliphatic rings. The summed E-state index contributed by atoms with van der Waals surface area (Å²) >= 11 is 5.72. The highest BCUT2D eigenvalue weighted by Crippen LogP contribution is 2.22. The predicted octanol–water partition coefficient (Wildman–Crippen LogP) is 1.19. The maximum atomic E-state index is 5.72. The van der Waals surface area contributed by atoms with E-state index in [1.165, 1.54) is 5.56 Å². The molecule has 2 heterocycles. The zero-order valence-electron chi connectivity index (χ0n) is 6.13. The van der Waals surface area contributed by atoms with Gasteiger partial charge in [-0.05, 0) is 6.07 Å². The van der Waals surface area contributed by atoms with E-state index in [0.29, 0.717) is 5.15 Å². The molecule has 4 heteroatoms. The number of rotatable bonds is 0. The summed E-state index contributed by atoms with van der Waals surface area (Å²) in [4.78, 5) is 4.16. The molecule has 0 aromatic carbocycles. The van der Waals surface area contributed by atoms with Gasteiger partial charge in [0, 0.05) is 19.2 Å². The molecule has 0 saturated carbocycles. The summed E-state index contributed by atoms with van der Waals surface area (Å²) in [5.74, 6) is 0.928. The van der Waals surface area contributed by atoms with Gasteiger partial charge in [-0.15, -0.1) is 0 Å². The first-order chi connectivity index (χ1) is 5.27. The summed E-state index contributed by atoms with van der Waals surface area (Å²) in [7, 11) is 1.93. The summed E-state index contributed by atoms with van der Waals surface area (Å²) in [6.45, 7) is 0.843. The van der Waals surface area contributed by atoms with E-state index in [2.05, 4.69) is 10.4 Å². The van der Waals surface area contributed by atoms with Gasteiger partial charge in [0.05, 0.1) is 0 Å². The molecule has 0 bridgehead atoms. The molecule has 0 radical (unpaired) electrons. The highest BCUT2D eigenvalue weighted by molar-refractivity contribution is 6.29. The van der Waals surface area contributed by atoms with Crippen molar-refractivity contribution >= 4 is 17.4 Å². The Hall–Kier alpha value is -0.800. The molecule has 1 aliphatic heterocycles. The standard InChI is InChI=1S/C7H8ClN3/c1-11-7-5(4-9-11)2-3-6(8)10-7/h2-3,9H,4H2,1H3. The van der Waals surface area contributed by atoms with E-state index in [1.54, 1.807) is 6.07 Å². The maximum Gasteiger partial charge on any atom is 0.148 e. The first-order valence-corrected chi connectivity index (χ1v) is 3.78. The van der Waals surface area contributed by atoms with Crippen LogP contribution in [-0.2, 0) is 6.54 Å². The van der Waals surface area contributed by atoms with Gasteiger partial charge in [-0.3, -0.25) is 5.01 Å². The Balaban J connectivity index is 2.52. The van der Waals surface area contributed by atoms with E-state index >= 15 is 0 Å². The van der Waals surface area contributed by atoms with Crippen molar-refractivity contribution in [3.8, 4) is 0 Å². The number of anilines is 1. The Labute approximate surface area is 70.0 Å². The third-order valence-corrected chi connectivity index (χ3v) is 1.96. The fourth-order valence-electron chi connectivity index (χ4n) is 1.16. The van der Waals surface area contributed by atoms with E-state index in [4.69, 9.17) is 11.6 Å². The zero-order chi connectivity index (χ0) is 7.84. The molecule has 0 aliphatic carbocycles. The molecule has 0 atom stereocenters. The topological polar surface area (TPSA) is 28.2 Å². The molecule has 0 unspecified atom stereocenters. The van der Waals surface area contributed by atoms with Crippen molar-refractivity contribution < 1.29 is 0 Å². The van der Waals surface area contributed by atoms with E-state index in [1.807, 2.05) is 18.1 Å². The largest absolute Gasteiger partial charge is 0.295 e. The van der Waals surface area contributed by atoms with E-state index < -0.39 is 0 Å². The van der Waals surface area contributed by atoms with Crippen LogP contribution in [0.1, 0.15) is 5.56 Å². The van der Waals surface area contributed by atoms with Gasteiger partial charge in [0.2, 0.25) is 0 Å². The van der Waals surface area contributed by atoms with Crippen LogP contribution in [0.2, 0.25) is 5.15 Å². The van der Waals surface area contributed by atoms with Crippen molar-refractivity contribution in [3.63, 3.8) is 0 Å². The zero-order valence-corrected chi connectivity index (χ0v) is 6.89. The van der Waals surface area contributed by atoms with Crippen LogP contribution in [0.15, 0.2) is 12.1 Å². The highest BCUT2D eigenvalue weighted by Gasteiger charge is 2.15. The van der Waals surface area contributed by atoms with Gasteiger partial charge in [0.1, 0.15) is 11.0 Å². The molecule has 58 valence electrons. The minimum absolute atomic E-state index is 0.541. The molecule has 1 aromatic heterocycles. The van der Waals surface area contributed by atoms with Gasteiger partial charge < -0.3 is 0 Å². The molecular formula is C7H8ClN3. The smallest absolute Gasteiger partial charge is 0.148 e. The third-order valence-electron chi connectivity index (χ3n) is 1.75. The van der Waals surface area contributed by atoms with E-state index in [9.17, 15) is 0 Å². The quantitative estimate of drug-likeness (QED) is 0.592. The first-order valence-electron chi connectivity index (χ1n) is 3.40. The van der Waals surface area contributed by atoms with Crippen molar-refractivity contribution in [1.29, 1.82) is 0 Å². The van der Waals surface area contributed by atoms with Gasteiger partial charge in [0.25, 0.3) is 0 Å². The summed E-state index contributed by atoms with van der Waals surface area (Å²) in [5, 5.41) is 2.42. The molecule has 0 fully saturated rings. The lowest BCUT2D eigenvalue weighted by Gasteiger charge is -2.09. The third kappa shape index (κ3) is 1.06. The van der Waals surface area contributed by atoms with E-state index in [-0.39, 0.29) is 0 Å². The van der Waals surface area contributed by atoms with Gasteiger partial charge in [0.15, 0.2) is 0 Å². The Morgan fingerprint density at radius 3 is 3.27 bits per heavy atom. The van der Waals surface area contributed by atoms with Crippen LogP contribution >= 0.6 is 11.6 Å². The summed E-state index contributed by atoms with van der Waals surface area (Å²) in [6.07, 6.45) is 0. The molecule has 11 heavy (non-hydrogen) atoms. The van der Waals surface area contributed by atoms with Gasteiger partial charge >= 0.3 is 0 Å². The minimum atomic E-state index is 0.541. The Kier molecular flexibility index (Phi) is 1.47. The normalized spacial score (nSPS) is 15.3. The monoisotopic (exact) mass is 169 g/mol. The van der Waals surface area contributed by atoms with Crippen molar-refractivity contribution in [2.45, 2.75) is 6.54 Å². The number of nitrogens with zero attached hydrogens (tertiary/aromatic N) is 2. The molecule has 0 amide bonds. The van der Waals surface area contributed by atoms with Crippen molar-refractivity contribution in [1.82, 2.24) is 10.4 Å². The Morgan fingerprint density at radius 1 is 1.64 bits per heavy atom. The molecule has 0 spiro atoms. The lowest BCUT2D eigenvalue weighted by molar-refractivity contribution is 0.730. The number of hydrogen-bond acceptors (Lipinski definition) is 3. The van der Waals surface area contributed by atoms with Crippen LogP contribution < -0.4 is 10.4 Å². The molecule has 1 aromatic rings. The summed E-state index contributed by atoms with van der Waals surface area (Å²) in [5.41, 5.74) is 4.32. The second-order valence-corrected chi connectivity index (χ2v) is 2.90. The molecular weight excluding hydrogens is 162 g/mol. The molecule has 0 saturated heterocycles. The van der Waals surface area contributed by atoms with Crippen LogP contribution in [0.3, 0.4) is 0 Å². The average molecular weight is 170 g/mol. The minimum Gasteiger partial charge on any atom is -0.295 e. The lowest BCUT2D eigenvalue weighted by Crippen LogP contribution is -2.27. The average Bonchev–Trinajstić information content (AvgIpc) is 2.33. The number of aromatic nitrogens is 1. The van der Waals surface area contributed by atoms with Crippen molar-refractivity contribution in [2.75, 3.05) is 12.1 Å². The molecule has 1 N–H and O–H groups in total. The number of hydrogen-bond donors (Lipinski definition) is 1. The fraction of sp³-hybridized carbons (Fsp3) is 0.286. The maximum absolute atomic E-state index is 5.72. The second kappa shape index (κ2) is 2.36. The number of pyridine rings is 1. The number of fused-ring (bicyclic) bond motifs is 1.